The van der Waals surface area contributed by atoms with Gasteiger partial charge in [0.05, 0.1) is 10.3 Å². The summed E-state index contributed by atoms with van der Waals surface area (Å²) in [6.07, 6.45) is 2.23. The minimum atomic E-state index is -3.47. The van der Waals surface area contributed by atoms with Gasteiger partial charge < -0.3 is 5.32 Å². The first-order valence-electron chi connectivity index (χ1n) is 8.15. The molecule has 0 bridgehead atoms. The van der Waals surface area contributed by atoms with Gasteiger partial charge in [-0.15, -0.1) is 11.3 Å². The molecule has 8 heteroatoms. The summed E-state index contributed by atoms with van der Waals surface area (Å²) in [6.45, 7) is 3.67. The first kappa shape index (κ1) is 16.4. The number of anilines is 1. The smallest absolute Gasteiger partial charge is 0.243 e. The molecule has 6 nitrogen and oxygen atoms in total. The third-order valence-electron chi connectivity index (χ3n) is 4.33. The number of hydrogen-bond donors (Lipinski definition) is 1. The highest BCUT2D eigenvalue weighted by molar-refractivity contribution is 7.89. The van der Waals surface area contributed by atoms with Crippen LogP contribution >= 0.6 is 11.3 Å². The molecule has 4 rings (SSSR count). The Bertz CT molecular complexity index is 1020. The van der Waals surface area contributed by atoms with Gasteiger partial charge in [-0.05, 0) is 31.0 Å². The Morgan fingerprint density at radius 2 is 2.04 bits per heavy atom. The average molecular weight is 374 g/mol. The number of aromatic nitrogens is 2. The zero-order chi connectivity index (χ0) is 17.4. The minimum absolute atomic E-state index is 0.340. The summed E-state index contributed by atoms with van der Waals surface area (Å²) < 4.78 is 27.3. The molecule has 3 heterocycles. The van der Waals surface area contributed by atoms with E-state index in [2.05, 4.69) is 15.3 Å². The summed E-state index contributed by atoms with van der Waals surface area (Å²) in [5.41, 5.74) is 1.18. The standard InChI is InChI=1S/C17H18N4O2S2/c1-2-18-16-15-13-8-9-21(10-14(13)24-17(15)20-11-19-16)25(22,23)12-6-4-3-5-7-12/h3-7,11H,2,8-10H2,1H3,(H,18,19,20). The van der Waals surface area contributed by atoms with Gasteiger partial charge in [-0.25, -0.2) is 18.4 Å². The fourth-order valence-corrected chi connectivity index (χ4v) is 5.87. The van der Waals surface area contributed by atoms with Crippen molar-refractivity contribution in [2.45, 2.75) is 24.8 Å². The van der Waals surface area contributed by atoms with Gasteiger partial charge in [-0.2, -0.15) is 4.31 Å². The molecule has 0 fully saturated rings. The summed E-state index contributed by atoms with van der Waals surface area (Å²) in [4.78, 5) is 11.0. The largest absolute Gasteiger partial charge is 0.370 e. The molecule has 0 saturated carbocycles. The molecule has 0 spiro atoms. The molecule has 130 valence electrons. The lowest BCUT2D eigenvalue weighted by Crippen LogP contribution is -2.35. The highest BCUT2D eigenvalue weighted by Gasteiger charge is 2.31. The number of hydrogen-bond acceptors (Lipinski definition) is 6. The van der Waals surface area contributed by atoms with E-state index in [1.807, 2.05) is 13.0 Å². The van der Waals surface area contributed by atoms with E-state index in [4.69, 9.17) is 0 Å². The summed E-state index contributed by atoms with van der Waals surface area (Å²) in [6, 6.07) is 8.61. The van der Waals surface area contributed by atoms with Crippen LogP contribution in [0.4, 0.5) is 5.82 Å². The molecule has 0 amide bonds. The fraction of sp³-hybridized carbons (Fsp3) is 0.294. The van der Waals surface area contributed by atoms with E-state index in [0.717, 1.165) is 27.5 Å². The zero-order valence-electron chi connectivity index (χ0n) is 13.8. The van der Waals surface area contributed by atoms with E-state index in [0.29, 0.717) is 24.4 Å². The van der Waals surface area contributed by atoms with Gasteiger partial charge in [0.2, 0.25) is 10.0 Å². The van der Waals surface area contributed by atoms with Crippen LogP contribution in [0.15, 0.2) is 41.6 Å². The van der Waals surface area contributed by atoms with Crippen molar-refractivity contribution >= 4 is 37.4 Å². The SMILES string of the molecule is CCNc1ncnc2sc3c(c12)CCN(S(=O)(=O)c1ccccc1)C3. The van der Waals surface area contributed by atoms with Crippen molar-refractivity contribution in [3.8, 4) is 0 Å². The molecule has 1 aliphatic heterocycles. The van der Waals surface area contributed by atoms with Crippen LogP contribution < -0.4 is 5.32 Å². The Balaban J connectivity index is 1.73. The van der Waals surface area contributed by atoms with E-state index in [1.165, 1.54) is 5.56 Å². The molecular formula is C17H18N4O2S2. The molecule has 0 radical (unpaired) electrons. The maximum absolute atomic E-state index is 12.9. The Labute approximate surface area is 150 Å². The second-order valence-electron chi connectivity index (χ2n) is 5.84. The van der Waals surface area contributed by atoms with Gasteiger partial charge in [0, 0.05) is 24.5 Å². The van der Waals surface area contributed by atoms with Crippen LogP contribution in [0, 0.1) is 0 Å². The predicted molar refractivity (Wildman–Crippen MR) is 99.3 cm³/mol. The molecule has 3 aromatic rings. The lowest BCUT2D eigenvalue weighted by atomic mass is 10.1. The van der Waals surface area contributed by atoms with Crippen LogP contribution in [0.3, 0.4) is 0 Å². The van der Waals surface area contributed by atoms with Crippen molar-refractivity contribution in [2.24, 2.45) is 0 Å². The molecule has 0 saturated heterocycles. The molecule has 0 unspecified atom stereocenters. The van der Waals surface area contributed by atoms with Crippen molar-refractivity contribution in [2.75, 3.05) is 18.4 Å². The van der Waals surface area contributed by atoms with Gasteiger partial charge in [0.1, 0.15) is 17.0 Å². The Morgan fingerprint density at radius 1 is 1.24 bits per heavy atom. The van der Waals surface area contributed by atoms with E-state index in [9.17, 15) is 8.42 Å². The number of nitrogens with one attached hydrogen (secondary N) is 1. The van der Waals surface area contributed by atoms with Gasteiger partial charge in [0.15, 0.2) is 0 Å². The third kappa shape index (κ3) is 2.80. The number of sulfonamides is 1. The van der Waals surface area contributed by atoms with Crippen molar-refractivity contribution in [1.29, 1.82) is 0 Å². The Kier molecular flexibility index (Phi) is 4.18. The lowest BCUT2D eigenvalue weighted by Gasteiger charge is -2.26. The van der Waals surface area contributed by atoms with E-state index >= 15 is 0 Å². The topological polar surface area (TPSA) is 75.2 Å². The van der Waals surface area contributed by atoms with Crippen molar-refractivity contribution in [3.05, 3.63) is 47.1 Å². The van der Waals surface area contributed by atoms with E-state index in [-0.39, 0.29) is 0 Å². The first-order valence-corrected chi connectivity index (χ1v) is 10.4. The molecule has 25 heavy (non-hydrogen) atoms. The lowest BCUT2D eigenvalue weighted by molar-refractivity contribution is 0.396. The molecule has 1 aliphatic rings. The van der Waals surface area contributed by atoms with Crippen LogP contribution in [0.5, 0.6) is 0 Å². The summed E-state index contributed by atoms with van der Waals surface area (Å²) in [5, 5.41) is 4.32. The summed E-state index contributed by atoms with van der Waals surface area (Å²) in [5.74, 6) is 0.837. The van der Waals surface area contributed by atoms with Crippen LogP contribution in [0.2, 0.25) is 0 Å². The van der Waals surface area contributed by atoms with Gasteiger partial charge in [-0.1, -0.05) is 18.2 Å². The van der Waals surface area contributed by atoms with E-state index < -0.39 is 10.0 Å². The van der Waals surface area contributed by atoms with Crippen LogP contribution in [0.25, 0.3) is 10.2 Å². The predicted octanol–water partition coefficient (Wildman–Crippen LogP) is 2.87. The maximum Gasteiger partial charge on any atom is 0.243 e. The molecule has 0 atom stereocenters. The number of benzene rings is 1. The number of rotatable bonds is 4. The molecule has 1 aromatic carbocycles. The molecule has 2 aromatic heterocycles. The summed E-state index contributed by atoms with van der Waals surface area (Å²) in [7, 11) is -3.47. The van der Waals surface area contributed by atoms with Crippen LogP contribution in [-0.4, -0.2) is 35.8 Å². The van der Waals surface area contributed by atoms with Gasteiger partial charge in [0.25, 0.3) is 0 Å². The second kappa shape index (κ2) is 6.36. The zero-order valence-corrected chi connectivity index (χ0v) is 15.4. The number of nitrogens with zero attached hydrogens (tertiary/aromatic N) is 3. The molecule has 1 N–H and O–H groups in total. The molecule has 0 aliphatic carbocycles. The van der Waals surface area contributed by atoms with Gasteiger partial charge in [-0.3, -0.25) is 0 Å². The van der Waals surface area contributed by atoms with Crippen molar-refractivity contribution < 1.29 is 8.42 Å². The average Bonchev–Trinajstić information content (AvgIpc) is 3.01. The fourth-order valence-electron chi connectivity index (χ4n) is 3.15. The van der Waals surface area contributed by atoms with Crippen molar-refractivity contribution in [3.63, 3.8) is 0 Å². The Hall–Kier alpha value is -2.03. The molecular weight excluding hydrogens is 356 g/mol. The summed E-state index contributed by atoms with van der Waals surface area (Å²) >= 11 is 1.56. The van der Waals surface area contributed by atoms with Crippen LogP contribution in [0.1, 0.15) is 17.4 Å². The highest BCUT2D eigenvalue weighted by atomic mass is 32.2. The van der Waals surface area contributed by atoms with Crippen molar-refractivity contribution in [1.82, 2.24) is 14.3 Å². The third-order valence-corrected chi connectivity index (χ3v) is 7.31. The first-order chi connectivity index (χ1) is 12.1. The quantitative estimate of drug-likeness (QED) is 0.760. The second-order valence-corrected chi connectivity index (χ2v) is 8.86. The monoisotopic (exact) mass is 374 g/mol. The minimum Gasteiger partial charge on any atom is -0.370 e. The Morgan fingerprint density at radius 3 is 2.80 bits per heavy atom. The van der Waals surface area contributed by atoms with E-state index in [1.54, 1.807) is 46.2 Å². The number of thiophene rings is 1. The highest BCUT2D eigenvalue weighted by Crippen LogP contribution is 2.38. The van der Waals surface area contributed by atoms with Crippen LogP contribution in [-0.2, 0) is 23.0 Å². The normalized spacial score (nSPS) is 15.2. The maximum atomic E-state index is 12.9. The number of fused-ring (bicyclic) bond motifs is 3. The van der Waals surface area contributed by atoms with Gasteiger partial charge >= 0.3 is 0 Å².